The molecule has 2 rings (SSSR count). The van der Waals surface area contributed by atoms with Crippen molar-refractivity contribution < 1.29 is 14.8 Å². The first-order chi connectivity index (χ1) is 10.8. The first-order valence-electron chi connectivity index (χ1n) is 8.94. The molecule has 0 aliphatic heterocycles. The lowest BCUT2D eigenvalue weighted by Crippen LogP contribution is -2.31. The molecule has 0 aromatic heterocycles. The second kappa shape index (κ2) is 6.34. The zero-order valence-electron chi connectivity index (χ0n) is 16.8. The number of hydrogen-bond donors (Lipinski definition) is 0. The first-order valence-corrected chi connectivity index (χ1v) is 8.94. The van der Waals surface area contributed by atoms with Crippen LogP contribution in [0.5, 0.6) is 5.75 Å². The molecule has 3 heteroatoms. The Balaban J connectivity index is 2.22. The largest absolute Gasteiger partial charge is 0.308 e. The molecule has 0 fully saturated rings. The van der Waals surface area contributed by atoms with E-state index in [1.165, 1.54) is 11.1 Å². The average Bonchev–Trinajstić information content (AvgIpc) is 2.75. The molecule has 1 aromatic rings. The van der Waals surface area contributed by atoms with Gasteiger partial charge in [0.05, 0.1) is 5.60 Å². The van der Waals surface area contributed by atoms with Crippen LogP contribution in [-0.2, 0) is 16.3 Å². The van der Waals surface area contributed by atoms with Crippen LogP contribution in [0.3, 0.4) is 0 Å². The van der Waals surface area contributed by atoms with Crippen LogP contribution < -0.4 is 4.89 Å². The number of hydrogen-bond acceptors (Lipinski definition) is 3. The van der Waals surface area contributed by atoms with Crippen LogP contribution in [-0.4, -0.2) is 5.60 Å². The van der Waals surface area contributed by atoms with Crippen molar-refractivity contribution in [3.05, 3.63) is 29.3 Å². The highest BCUT2D eigenvalue weighted by Crippen LogP contribution is 2.54. The second-order valence-corrected chi connectivity index (χ2v) is 10.2. The third kappa shape index (κ3) is 4.52. The fourth-order valence-corrected chi connectivity index (χ4v) is 3.72. The van der Waals surface area contributed by atoms with Gasteiger partial charge < -0.3 is 4.89 Å². The summed E-state index contributed by atoms with van der Waals surface area (Å²) in [4.78, 5) is 10.5. The SMILES string of the molecule is CC(C)(C)OOOc1ccc2c(c1)CC(C(C)(C)C)C2C(C)(C)C. The fraction of sp³-hybridized carbons (Fsp3) is 0.714. The van der Waals surface area contributed by atoms with Crippen molar-refractivity contribution in [2.45, 2.75) is 80.3 Å². The van der Waals surface area contributed by atoms with Crippen molar-refractivity contribution in [1.29, 1.82) is 0 Å². The average molecular weight is 335 g/mol. The van der Waals surface area contributed by atoms with Crippen molar-refractivity contribution in [3.63, 3.8) is 0 Å². The molecule has 1 aliphatic carbocycles. The van der Waals surface area contributed by atoms with Gasteiger partial charge in [-0.05, 0) is 78.2 Å². The van der Waals surface area contributed by atoms with E-state index in [2.05, 4.69) is 53.7 Å². The van der Waals surface area contributed by atoms with E-state index in [1.807, 2.05) is 26.8 Å². The summed E-state index contributed by atoms with van der Waals surface area (Å²) in [5, 5.41) is 4.93. The third-order valence-corrected chi connectivity index (χ3v) is 4.75. The van der Waals surface area contributed by atoms with Gasteiger partial charge in [0, 0.05) is 0 Å². The number of benzene rings is 1. The van der Waals surface area contributed by atoms with E-state index in [0.29, 0.717) is 17.6 Å². The molecule has 24 heavy (non-hydrogen) atoms. The van der Waals surface area contributed by atoms with E-state index in [1.54, 1.807) is 0 Å². The first kappa shape index (κ1) is 19.3. The third-order valence-electron chi connectivity index (χ3n) is 4.75. The number of fused-ring (bicyclic) bond motifs is 1. The van der Waals surface area contributed by atoms with Gasteiger partial charge in [0.25, 0.3) is 0 Å². The standard InChI is InChI=1S/C21H34O3/c1-19(2,3)17-13-14-12-15(22-24-23-21(7,8)9)10-11-16(14)18(17)20(4,5)6/h10-12,17-18H,13H2,1-9H3. The zero-order chi connectivity index (χ0) is 18.3. The molecule has 1 aromatic carbocycles. The molecule has 3 nitrogen and oxygen atoms in total. The van der Waals surface area contributed by atoms with E-state index >= 15 is 0 Å². The predicted molar refractivity (Wildman–Crippen MR) is 97.8 cm³/mol. The summed E-state index contributed by atoms with van der Waals surface area (Å²) in [6.45, 7) is 19.8. The fourth-order valence-electron chi connectivity index (χ4n) is 3.72. The lowest BCUT2D eigenvalue weighted by molar-refractivity contribution is -0.496. The van der Waals surface area contributed by atoms with E-state index < -0.39 is 5.60 Å². The van der Waals surface area contributed by atoms with Gasteiger partial charge in [-0.1, -0.05) is 47.6 Å². The van der Waals surface area contributed by atoms with Crippen molar-refractivity contribution in [2.24, 2.45) is 16.7 Å². The van der Waals surface area contributed by atoms with Crippen LogP contribution in [0.1, 0.15) is 79.4 Å². The minimum Gasteiger partial charge on any atom is -0.308 e. The van der Waals surface area contributed by atoms with Crippen LogP contribution >= 0.6 is 0 Å². The molecule has 0 amide bonds. The molecule has 0 saturated carbocycles. The van der Waals surface area contributed by atoms with E-state index in [9.17, 15) is 0 Å². The van der Waals surface area contributed by atoms with Gasteiger partial charge in [-0.25, -0.2) is 0 Å². The summed E-state index contributed by atoms with van der Waals surface area (Å²) < 4.78 is 0. The Morgan fingerprint density at radius 1 is 0.875 bits per heavy atom. The van der Waals surface area contributed by atoms with Gasteiger partial charge in [-0.2, -0.15) is 4.89 Å². The van der Waals surface area contributed by atoms with Crippen molar-refractivity contribution in [1.82, 2.24) is 0 Å². The van der Waals surface area contributed by atoms with Crippen LogP contribution in [0, 0.1) is 16.7 Å². The minimum absolute atomic E-state index is 0.234. The van der Waals surface area contributed by atoms with Crippen molar-refractivity contribution in [3.8, 4) is 5.75 Å². The minimum atomic E-state index is -0.397. The molecule has 2 atom stereocenters. The maximum absolute atomic E-state index is 5.33. The molecule has 136 valence electrons. The Bertz CT molecular complexity index is 570. The quantitative estimate of drug-likeness (QED) is 0.495. The second-order valence-electron chi connectivity index (χ2n) is 10.2. The summed E-state index contributed by atoms with van der Waals surface area (Å²) in [7, 11) is 0. The van der Waals surface area contributed by atoms with Crippen LogP contribution in [0.4, 0.5) is 0 Å². The summed E-state index contributed by atoms with van der Waals surface area (Å²) >= 11 is 0. The Hall–Kier alpha value is -1.06. The normalized spacial score (nSPS) is 21.7. The predicted octanol–water partition coefficient (Wildman–Crippen LogP) is 6.08. The summed E-state index contributed by atoms with van der Waals surface area (Å²) in [6.07, 6.45) is 1.08. The molecule has 1 aliphatic rings. The van der Waals surface area contributed by atoms with E-state index in [4.69, 9.17) is 14.8 Å². The van der Waals surface area contributed by atoms with Crippen LogP contribution in [0.2, 0.25) is 0 Å². The van der Waals surface area contributed by atoms with E-state index in [-0.39, 0.29) is 10.8 Å². The van der Waals surface area contributed by atoms with Gasteiger partial charge in [0.15, 0.2) is 5.75 Å². The summed E-state index contributed by atoms with van der Waals surface area (Å²) in [5.74, 6) is 1.86. The topological polar surface area (TPSA) is 27.7 Å². The molecular weight excluding hydrogens is 300 g/mol. The Kier molecular flexibility index (Phi) is 5.09. The Morgan fingerprint density at radius 2 is 1.50 bits per heavy atom. The lowest BCUT2D eigenvalue weighted by atomic mass is 9.65. The van der Waals surface area contributed by atoms with Gasteiger partial charge in [-0.3, -0.25) is 0 Å². The monoisotopic (exact) mass is 334 g/mol. The Morgan fingerprint density at radius 3 is 2.00 bits per heavy atom. The zero-order valence-corrected chi connectivity index (χ0v) is 16.8. The van der Waals surface area contributed by atoms with Crippen molar-refractivity contribution in [2.75, 3.05) is 0 Å². The highest BCUT2D eigenvalue weighted by molar-refractivity contribution is 5.43. The maximum atomic E-state index is 5.33. The van der Waals surface area contributed by atoms with Crippen LogP contribution in [0.15, 0.2) is 18.2 Å². The number of rotatable bonds is 3. The van der Waals surface area contributed by atoms with Gasteiger partial charge in [-0.15, -0.1) is 0 Å². The molecule has 0 spiro atoms. The summed E-state index contributed by atoms with van der Waals surface area (Å²) in [6, 6.07) is 6.28. The molecular formula is C21H34O3. The Labute approximate surface area is 147 Å². The highest BCUT2D eigenvalue weighted by Gasteiger charge is 2.44. The van der Waals surface area contributed by atoms with Gasteiger partial charge in [0.2, 0.25) is 0 Å². The lowest BCUT2D eigenvalue weighted by Gasteiger charge is -2.40. The molecule has 2 unspecified atom stereocenters. The van der Waals surface area contributed by atoms with Crippen molar-refractivity contribution >= 4 is 0 Å². The van der Waals surface area contributed by atoms with Gasteiger partial charge in [0.1, 0.15) is 0 Å². The molecule has 0 radical (unpaired) electrons. The van der Waals surface area contributed by atoms with E-state index in [0.717, 1.165) is 6.42 Å². The molecule has 0 N–H and O–H groups in total. The summed E-state index contributed by atoms with van der Waals surface area (Å²) in [5.41, 5.74) is 2.92. The van der Waals surface area contributed by atoms with Gasteiger partial charge >= 0.3 is 0 Å². The smallest absolute Gasteiger partial charge is 0.168 e. The maximum Gasteiger partial charge on any atom is 0.168 e. The molecule has 0 heterocycles. The van der Waals surface area contributed by atoms with Crippen LogP contribution in [0.25, 0.3) is 0 Å². The highest BCUT2D eigenvalue weighted by atomic mass is 17.5. The molecule has 0 bridgehead atoms. The molecule has 0 saturated heterocycles.